The number of hydrogen-bond donors (Lipinski definition) is 0. The predicted octanol–water partition coefficient (Wildman–Crippen LogP) is 3.18. The van der Waals surface area contributed by atoms with Gasteiger partial charge in [-0.25, -0.2) is 0 Å². The molecule has 1 heteroatoms. The monoisotopic (exact) mass is 206 g/mol. The molecular formula is C15H15B. The highest BCUT2D eigenvalue weighted by Gasteiger charge is 2.13. The van der Waals surface area contributed by atoms with Crippen LogP contribution in [0, 0.1) is 0 Å². The standard InChI is InChI=1S/C15H15B/c1-13(2)9-10-14-7-3-4-8-15(14)16-11-5-6-12-16/h3-12H,1H2,2H3/b10-9+. The van der Waals surface area contributed by atoms with Crippen molar-refractivity contribution >= 4 is 18.3 Å². The average Bonchev–Trinajstić information content (AvgIpc) is 2.80. The van der Waals surface area contributed by atoms with Crippen LogP contribution in [0.1, 0.15) is 12.5 Å². The maximum absolute atomic E-state index is 3.88. The topological polar surface area (TPSA) is 0 Å². The van der Waals surface area contributed by atoms with Gasteiger partial charge in [0, 0.05) is 0 Å². The molecule has 16 heavy (non-hydrogen) atoms. The number of benzene rings is 1. The molecule has 1 aliphatic heterocycles. The maximum Gasteiger partial charge on any atom is 0.227 e. The first-order valence-corrected chi connectivity index (χ1v) is 5.55. The Kier molecular flexibility index (Phi) is 3.26. The minimum absolute atomic E-state index is 0.422. The highest BCUT2D eigenvalue weighted by molar-refractivity contribution is 6.83. The van der Waals surface area contributed by atoms with E-state index in [0.29, 0.717) is 6.71 Å². The van der Waals surface area contributed by atoms with Crippen LogP contribution in [-0.4, -0.2) is 6.71 Å². The van der Waals surface area contributed by atoms with E-state index in [1.54, 1.807) is 0 Å². The second-order valence-electron chi connectivity index (χ2n) is 4.10. The summed E-state index contributed by atoms with van der Waals surface area (Å²) in [5, 5.41) is 0. The summed E-state index contributed by atoms with van der Waals surface area (Å²) in [7, 11) is 0. The fourth-order valence-corrected chi connectivity index (χ4v) is 1.84. The molecule has 0 radical (unpaired) electrons. The normalized spacial score (nSPS) is 13.9. The van der Waals surface area contributed by atoms with E-state index in [0.717, 1.165) is 5.57 Å². The SMILES string of the molecule is C=C(C)/C=C/c1ccccc1B1C=CC=C1. The molecule has 0 nitrogen and oxygen atoms in total. The van der Waals surface area contributed by atoms with Gasteiger partial charge < -0.3 is 0 Å². The van der Waals surface area contributed by atoms with Crippen LogP contribution in [0.25, 0.3) is 6.08 Å². The summed E-state index contributed by atoms with van der Waals surface area (Å²) in [5.74, 6) is 4.43. The molecule has 0 bridgehead atoms. The second kappa shape index (κ2) is 4.85. The molecule has 0 saturated carbocycles. The van der Waals surface area contributed by atoms with Crippen LogP contribution >= 0.6 is 0 Å². The highest BCUT2D eigenvalue weighted by atomic mass is 14.0. The smallest absolute Gasteiger partial charge is 0.106 e. The van der Waals surface area contributed by atoms with Crippen molar-refractivity contribution in [1.82, 2.24) is 0 Å². The molecule has 78 valence electrons. The van der Waals surface area contributed by atoms with E-state index >= 15 is 0 Å². The van der Waals surface area contributed by atoms with Gasteiger partial charge in [-0.3, -0.25) is 0 Å². The third kappa shape index (κ3) is 2.43. The van der Waals surface area contributed by atoms with E-state index in [4.69, 9.17) is 0 Å². The summed E-state index contributed by atoms with van der Waals surface area (Å²) >= 11 is 0. The van der Waals surface area contributed by atoms with Crippen LogP contribution < -0.4 is 5.46 Å². The van der Waals surface area contributed by atoms with Crippen LogP contribution in [0.2, 0.25) is 0 Å². The molecule has 0 spiro atoms. The van der Waals surface area contributed by atoms with E-state index in [2.05, 4.69) is 67.1 Å². The van der Waals surface area contributed by atoms with Gasteiger partial charge in [-0.1, -0.05) is 66.2 Å². The first-order chi connectivity index (χ1) is 7.77. The molecule has 1 aromatic rings. The van der Waals surface area contributed by atoms with Crippen molar-refractivity contribution in [2.75, 3.05) is 0 Å². The Morgan fingerprint density at radius 1 is 1.19 bits per heavy atom. The van der Waals surface area contributed by atoms with Gasteiger partial charge in [-0.2, -0.15) is 0 Å². The minimum Gasteiger partial charge on any atom is -0.106 e. The molecule has 0 N–H and O–H groups in total. The van der Waals surface area contributed by atoms with Gasteiger partial charge in [-0.15, -0.1) is 12.0 Å². The largest absolute Gasteiger partial charge is 0.227 e. The Hall–Kier alpha value is -1.76. The molecule has 1 heterocycles. The van der Waals surface area contributed by atoms with Crippen molar-refractivity contribution in [3.8, 4) is 0 Å². The molecule has 2 rings (SSSR count). The van der Waals surface area contributed by atoms with Gasteiger partial charge >= 0.3 is 0 Å². The molecule has 1 aliphatic rings. The van der Waals surface area contributed by atoms with Crippen molar-refractivity contribution in [3.05, 3.63) is 72.2 Å². The summed E-state index contributed by atoms with van der Waals surface area (Å²) in [6.45, 7) is 6.31. The lowest BCUT2D eigenvalue weighted by molar-refractivity contribution is 1.57. The van der Waals surface area contributed by atoms with Gasteiger partial charge in [0.25, 0.3) is 0 Å². The second-order valence-corrected chi connectivity index (χ2v) is 4.10. The van der Waals surface area contributed by atoms with Crippen LogP contribution in [0.3, 0.4) is 0 Å². The Morgan fingerprint density at radius 3 is 2.56 bits per heavy atom. The zero-order valence-corrected chi connectivity index (χ0v) is 9.56. The quantitative estimate of drug-likeness (QED) is 0.526. The van der Waals surface area contributed by atoms with Crippen molar-refractivity contribution in [1.29, 1.82) is 0 Å². The fraction of sp³-hybridized carbons (Fsp3) is 0.0667. The summed E-state index contributed by atoms with van der Waals surface area (Å²) in [5.41, 5.74) is 3.70. The van der Waals surface area contributed by atoms with E-state index in [1.165, 1.54) is 11.0 Å². The molecule has 0 fully saturated rings. The van der Waals surface area contributed by atoms with E-state index in [9.17, 15) is 0 Å². The maximum atomic E-state index is 3.88. The molecule has 0 aliphatic carbocycles. The Bertz CT molecular complexity index is 466. The molecule has 0 saturated heterocycles. The van der Waals surface area contributed by atoms with Crippen molar-refractivity contribution < 1.29 is 0 Å². The van der Waals surface area contributed by atoms with Gasteiger partial charge in [0.1, 0.15) is 0 Å². The molecular weight excluding hydrogens is 191 g/mol. The van der Waals surface area contributed by atoms with Crippen LogP contribution in [0.15, 0.2) is 66.6 Å². The van der Waals surface area contributed by atoms with Crippen LogP contribution in [-0.2, 0) is 0 Å². The number of hydrogen-bond acceptors (Lipinski definition) is 0. The lowest BCUT2D eigenvalue weighted by Gasteiger charge is -2.07. The zero-order chi connectivity index (χ0) is 11.4. The summed E-state index contributed by atoms with van der Waals surface area (Å²) in [6, 6.07) is 8.49. The summed E-state index contributed by atoms with van der Waals surface area (Å²) < 4.78 is 0. The van der Waals surface area contributed by atoms with Crippen LogP contribution in [0.4, 0.5) is 0 Å². The van der Waals surface area contributed by atoms with Crippen molar-refractivity contribution in [2.45, 2.75) is 6.92 Å². The number of rotatable bonds is 3. The summed E-state index contributed by atoms with van der Waals surface area (Å²) in [4.78, 5) is 0. The molecule has 0 amide bonds. The lowest BCUT2D eigenvalue weighted by atomic mass is 9.46. The lowest BCUT2D eigenvalue weighted by Crippen LogP contribution is -2.27. The minimum atomic E-state index is 0.422. The molecule has 1 aromatic carbocycles. The van der Waals surface area contributed by atoms with Gasteiger partial charge in [0.2, 0.25) is 6.71 Å². The third-order valence-corrected chi connectivity index (χ3v) is 2.65. The number of allylic oxidation sites excluding steroid dienone is 4. The van der Waals surface area contributed by atoms with E-state index in [-0.39, 0.29) is 0 Å². The van der Waals surface area contributed by atoms with Gasteiger partial charge in [0.05, 0.1) is 0 Å². The predicted molar refractivity (Wildman–Crippen MR) is 74.0 cm³/mol. The van der Waals surface area contributed by atoms with Gasteiger partial charge in [-0.05, 0) is 12.5 Å². The molecule has 0 atom stereocenters. The fourth-order valence-electron chi connectivity index (χ4n) is 1.84. The van der Waals surface area contributed by atoms with Crippen LogP contribution in [0.5, 0.6) is 0 Å². The Morgan fingerprint density at radius 2 is 1.88 bits per heavy atom. The Labute approximate surface area is 97.8 Å². The van der Waals surface area contributed by atoms with Crippen molar-refractivity contribution in [2.24, 2.45) is 0 Å². The highest BCUT2D eigenvalue weighted by Crippen LogP contribution is 2.07. The first kappa shape index (κ1) is 10.8. The average molecular weight is 206 g/mol. The zero-order valence-electron chi connectivity index (χ0n) is 9.56. The van der Waals surface area contributed by atoms with E-state index in [1.807, 2.05) is 6.92 Å². The molecule has 0 unspecified atom stereocenters. The molecule has 0 aromatic heterocycles. The first-order valence-electron chi connectivity index (χ1n) is 5.55. The van der Waals surface area contributed by atoms with Crippen molar-refractivity contribution in [3.63, 3.8) is 0 Å². The van der Waals surface area contributed by atoms with Gasteiger partial charge in [0.15, 0.2) is 0 Å². The Balaban J connectivity index is 2.34. The summed E-state index contributed by atoms with van der Waals surface area (Å²) in [6.07, 6.45) is 8.40. The third-order valence-electron chi connectivity index (χ3n) is 2.65. The van der Waals surface area contributed by atoms with E-state index < -0.39 is 0 Å².